The number of anilines is 1. The third-order valence-electron chi connectivity index (χ3n) is 7.36. The second-order valence-electron chi connectivity index (χ2n) is 10.5. The average Bonchev–Trinajstić information content (AvgIpc) is 3.05. The summed E-state index contributed by atoms with van der Waals surface area (Å²) < 4.78 is 29.2. The Morgan fingerprint density at radius 2 is 1.41 bits per heavy atom. The largest absolute Gasteiger partial charge is 0.354 e. The maximum absolute atomic E-state index is 14.5. The van der Waals surface area contributed by atoms with E-state index in [2.05, 4.69) is 5.32 Å². The molecule has 2 amide bonds. The van der Waals surface area contributed by atoms with E-state index < -0.39 is 28.5 Å². The van der Waals surface area contributed by atoms with Crippen LogP contribution in [-0.4, -0.2) is 44.3 Å². The van der Waals surface area contributed by atoms with Gasteiger partial charge in [-0.25, -0.2) is 8.42 Å². The number of sulfonamides is 1. The Morgan fingerprint density at radius 3 is 2.02 bits per heavy atom. The molecule has 0 saturated heterocycles. The standard InChI is InChI=1S/C35H38ClN3O4S/c1-3-23-37-35(41)33(24-28-13-7-5-8-14-28)38(25-29-15-11-12-18-32(29)36)34(40)26-39(30-21-19-27(4-2)20-22-30)44(42,43)31-16-9-6-10-17-31/h5-22,33H,3-4,23-26H2,1-2H3,(H,37,41)/t33-/m1/s1. The SMILES string of the molecule is CCCNC(=O)[C@@H](Cc1ccccc1)N(Cc1ccccc1Cl)C(=O)CN(c1ccc(CC)cc1)S(=O)(=O)c1ccccc1. The highest BCUT2D eigenvalue weighted by molar-refractivity contribution is 7.92. The molecule has 9 heteroatoms. The van der Waals surface area contributed by atoms with Gasteiger partial charge in [-0.15, -0.1) is 0 Å². The molecule has 0 aromatic heterocycles. The zero-order valence-corrected chi connectivity index (χ0v) is 26.6. The zero-order chi connectivity index (χ0) is 31.5. The molecule has 230 valence electrons. The van der Waals surface area contributed by atoms with Crippen LogP contribution in [0, 0.1) is 0 Å². The molecular formula is C35H38ClN3O4S. The molecule has 0 fully saturated rings. The highest BCUT2D eigenvalue weighted by Crippen LogP contribution is 2.26. The number of carbonyl (C=O) groups is 2. The lowest BCUT2D eigenvalue weighted by molar-refractivity contribution is -0.140. The minimum atomic E-state index is -4.14. The monoisotopic (exact) mass is 631 g/mol. The van der Waals surface area contributed by atoms with Crippen molar-refractivity contribution in [3.8, 4) is 0 Å². The van der Waals surface area contributed by atoms with Gasteiger partial charge in [-0.05, 0) is 59.9 Å². The lowest BCUT2D eigenvalue weighted by atomic mass is 10.0. The number of nitrogens with zero attached hydrogens (tertiary/aromatic N) is 2. The summed E-state index contributed by atoms with van der Waals surface area (Å²) in [7, 11) is -4.14. The van der Waals surface area contributed by atoms with Crippen LogP contribution in [0.1, 0.15) is 37.0 Å². The molecule has 0 aliphatic carbocycles. The van der Waals surface area contributed by atoms with E-state index in [4.69, 9.17) is 11.6 Å². The second-order valence-corrected chi connectivity index (χ2v) is 12.7. The summed E-state index contributed by atoms with van der Waals surface area (Å²) in [5, 5.41) is 3.39. The van der Waals surface area contributed by atoms with E-state index in [1.807, 2.05) is 62.4 Å². The summed E-state index contributed by atoms with van der Waals surface area (Å²) in [6, 6.07) is 30.8. The molecule has 4 aromatic carbocycles. The van der Waals surface area contributed by atoms with Gasteiger partial charge in [0.05, 0.1) is 10.6 Å². The van der Waals surface area contributed by atoms with Crippen LogP contribution in [0.4, 0.5) is 5.69 Å². The van der Waals surface area contributed by atoms with Gasteiger partial charge in [-0.1, -0.05) is 104 Å². The first-order chi connectivity index (χ1) is 21.2. The lowest BCUT2D eigenvalue weighted by Gasteiger charge is -2.34. The molecule has 4 aromatic rings. The molecule has 0 radical (unpaired) electrons. The number of amides is 2. The molecule has 1 N–H and O–H groups in total. The fourth-order valence-corrected chi connectivity index (χ4v) is 6.51. The van der Waals surface area contributed by atoms with Crippen LogP contribution >= 0.6 is 11.6 Å². The second kappa shape index (κ2) is 15.5. The molecule has 4 rings (SSSR count). The molecule has 0 unspecified atom stereocenters. The Kier molecular flexibility index (Phi) is 11.6. The van der Waals surface area contributed by atoms with Crippen LogP contribution in [0.15, 0.2) is 114 Å². The van der Waals surface area contributed by atoms with Gasteiger partial charge in [-0.2, -0.15) is 0 Å². The van der Waals surface area contributed by atoms with Crippen molar-refractivity contribution in [3.63, 3.8) is 0 Å². The van der Waals surface area contributed by atoms with Crippen molar-refractivity contribution >= 4 is 39.1 Å². The number of rotatable bonds is 14. The van der Waals surface area contributed by atoms with E-state index in [1.54, 1.807) is 48.5 Å². The van der Waals surface area contributed by atoms with E-state index in [1.165, 1.54) is 17.0 Å². The van der Waals surface area contributed by atoms with Crippen LogP contribution in [0.5, 0.6) is 0 Å². The minimum Gasteiger partial charge on any atom is -0.354 e. The highest BCUT2D eigenvalue weighted by Gasteiger charge is 2.34. The molecular weight excluding hydrogens is 594 g/mol. The van der Waals surface area contributed by atoms with Crippen molar-refractivity contribution in [2.45, 2.75) is 50.6 Å². The zero-order valence-electron chi connectivity index (χ0n) is 25.0. The maximum Gasteiger partial charge on any atom is 0.264 e. The predicted molar refractivity (Wildman–Crippen MR) is 176 cm³/mol. The summed E-state index contributed by atoms with van der Waals surface area (Å²) in [5.74, 6) is -0.850. The maximum atomic E-state index is 14.5. The molecule has 0 heterocycles. The van der Waals surface area contributed by atoms with Gasteiger partial charge in [0, 0.05) is 24.5 Å². The number of halogens is 1. The first kappa shape index (κ1) is 32.8. The Bertz CT molecular complexity index is 1630. The Hall–Kier alpha value is -4.14. The predicted octanol–water partition coefficient (Wildman–Crippen LogP) is 6.26. The van der Waals surface area contributed by atoms with E-state index in [0.29, 0.717) is 22.8 Å². The van der Waals surface area contributed by atoms with Crippen molar-refractivity contribution in [1.29, 1.82) is 0 Å². The molecule has 44 heavy (non-hydrogen) atoms. The number of aryl methyl sites for hydroxylation is 1. The highest BCUT2D eigenvalue weighted by atomic mass is 35.5. The first-order valence-corrected chi connectivity index (χ1v) is 16.6. The number of carbonyl (C=O) groups excluding carboxylic acids is 2. The third-order valence-corrected chi connectivity index (χ3v) is 9.52. The average molecular weight is 632 g/mol. The van der Waals surface area contributed by atoms with Crippen molar-refractivity contribution in [1.82, 2.24) is 10.2 Å². The van der Waals surface area contributed by atoms with Gasteiger partial charge in [-0.3, -0.25) is 13.9 Å². The topological polar surface area (TPSA) is 86.8 Å². The third kappa shape index (κ3) is 8.27. The number of hydrogen-bond acceptors (Lipinski definition) is 4. The molecule has 0 bridgehead atoms. The minimum absolute atomic E-state index is 0.0174. The van der Waals surface area contributed by atoms with E-state index in [9.17, 15) is 18.0 Å². The van der Waals surface area contributed by atoms with Crippen molar-refractivity contribution in [3.05, 3.63) is 131 Å². The Labute approximate surface area is 265 Å². The smallest absolute Gasteiger partial charge is 0.264 e. The Morgan fingerprint density at radius 1 is 0.795 bits per heavy atom. The molecule has 0 aliphatic rings. The summed E-state index contributed by atoms with van der Waals surface area (Å²) in [5.41, 5.74) is 2.90. The summed E-state index contributed by atoms with van der Waals surface area (Å²) >= 11 is 6.54. The van der Waals surface area contributed by atoms with Gasteiger partial charge in [0.15, 0.2) is 0 Å². The quantitative estimate of drug-likeness (QED) is 0.178. The fourth-order valence-electron chi connectivity index (χ4n) is 4.88. The van der Waals surface area contributed by atoms with Crippen LogP contribution < -0.4 is 9.62 Å². The van der Waals surface area contributed by atoms with Crippen molar-refractivity contribution in [2.75, 3.05) is 17.4 Å². The number of hydrogen-bond donors (Lipinski definition) is 1. The van der Waals surface area contributed by atoms with E-state index >= 15 is 0 Å². The van der Waals surface area contributed by atoms with Gasteiger partial charge < -0.3 is 10.2 Å². The van der Waals surface area contributed by atoms with Crippen molar-refractivity contribution in [2.24, 2.45) is 0 Å². The lowest BCUT2D eigenvalue weighted by Crippen LogP contribution is -2.53. The van der Waals surface area contributed by atoms with Crippen LogP contribution in [0.3, 0.4) is 0 Å². The molecule has 1 atom stereocenters. The number of nitrogens with one attached hydrogen (secondary N) is 1. The van der Waals surface area contributed by atoms with Gasteiger partial charge in [0.1, 0.15) is 12.6 Å². The first-order valence-electron chi connectivity index (χ1n) is 14.8. The number of benzene rings is 4. The van der Waals surface area contributed by atoms with Gasteiger partial charge in [0.2, 0.25) is 11.8 Å². The molecule has 7 nitrogen and oxygen atoms in total. The Balaban J connectivity index is 1.80. The fraction of sp³-hybridized carbons (Fsp3) is 0.257. The van der Waals surface area contributed by atoms with E-state index in [0.717, 1.165) is 28.3 Å². The van der Waals surface area contributed by atoms with E-state index in [-0.39, 0.29) is 23.8 Å². The van der Waals surface area contributed by atoms with Crippen LogP contribution in [0.25, 0.3) is 0 Å². The summed E-state index contributed by atoms with van der Waals surface area (Å²) in [4.78, 5) is 29.7. The van der Waals surface area contributed by atoms with Crippen LogP contribution in [-0.2, 0) is 39.0 Å². The molecule has 0 spiro atoms. The van der Waals surface area contributed by atoms with Crippen molar-refractivity contribution < 1.29 is 18.0 Å². The van der Waals surface area contributed by atoms with Gasteiger partial charge >= 0.3 is 0 Å². The van der Waals surface area contributed by atoms with Gasteiger partial charge in [0.25, 0.3) is 10.0 Å². The normalized spacial score (nSPS) is 11.9. The van der Waals surface area contributed by atoms with Crippen LogP contribution in [0.2, 0.25) is 5.02 Å². The molecule has 0 aliphatic heterocycles. The summed E-state index contributed by atoms with van der Waals surface area (Å²) in [6.45, 7) is 3.91. The summed E-state index contributed by atoms with van der Waals surface area (Å²) in [6.07, 6.45) is 1.74. The molecule has 0 saturated carbocycles.